The number of thiophene rings is 1. The van der Waals surface area contributed by atoms with Gasteiger partial charge in [0.05, 0.1) is 11.5 Å². The molecule has 5 heteroatoms. The molecule has 0 aliphatic rings. The lowest BCUT2D eigenvalue weighted by Crippen LogP contribution is -2.23. The monoisotopic (exact) mass is 352 g/mol. The van der Waals surface area contributed by atoms with Crippen LogP contribution in [0.25, 0.3) is 11.1 Å². The van der Waals surface area contributed by atoms with Crippen LogP contribution in [0.3, 0.4) is 0 Å². The largest absolute Gasteiger partial charge is 0.478 e. The number of aryl methyl sites for hydroxylation is 1. The van der Waals surface area contributed by atoms with E-state index in [4.69, 9.17) is 4.74 Å². The first kappa shape index (κ1) is 17.2. The van der Waals surface area contributed by atoms with Gasteiger partial charge in [-0.05, 0) is 36.9 Å². The molecule has 0 radical (unpaired) electrons. The zero-order chi connectivity index (χ0) is 17.6. The van der Waals surface area contributed by atoms with Crippen LogP contribution in [-0.2, 0) is 6.54 Å². The summed E-state index contributed by atoms with van der Waals surface area (Å²) >= 11 is 1.45. The molecule has 2 aromatic heterocycles. The Labute approximate surface area is 151 Å². The summed E-state index contributed by atoms with van der Waals surface area (Å²) in [5.74, 6) is 0.479. The minimum atomic E-state index is -0.0862. The normalized spacial score (nSPS) is 10.5. The zero-order valence-corrected chi connectivity index (χ0v) is 15.1. The number of rotatable bonds is 6. The van der Waals surface area contributed by atoms with Crippen LogP contribution >= 0.6 is 11.3 Å². The van der Waals surface area contributed by atoms with Gasteiger partial charge in [-0.15, -0.1) is 11.3 Å². The summed E-state index contributed by atoms with van der Waals surface area (Å²) in [4.78, 5) is 17.6. The molecule has 3 aromatic rings. The number of benzene rings is 1. The Hall–Kier alpha value is -2.66. The molecule has 128 valence electrons. The predicted octanol–water partition coefficient (Wildman–Crippen LogP) is 4.45. The van der Waals surface area contributed by atoms with E-state index in [-0.39, 0.29) is 5.91 Å². The van der Waals surface area contributed by atoms with Gasteiger partial charge >= 0.3 is 0 Å². The third-order valence-electron chi connectivity index (χ3n) is 3.80. The second-order valence-corrected chi connectivity index (χ2v) is 6.53. The van der Waals surface area contributed by atoms with Gasteiger partial charge in [0.1, 0.15) is 0 Å². The molecule has 0 atom stereocenters. The smallest absolute Gasteiger partial charge is 0.262 e. The number of carbonyl (C=O) groups excluding carboxylic acids is 1. The molecule has 0 aliphatic carbocycles. The molecule has 2 heterocycles. The summed E-state index contributed by atoms with van der Waals surface area (Å²) in [5, 5.41) is 4.92. The lowest BCUT2D eigenvalue weighted by Gasteiger charge is -2.10. The van der Waals surface area contributed by atoms with E-state index in [1.807, 2.05) is 42.6 Å². The van der Waals surface area contributed by atoms with Crippen LogP contribution in [0, 0.1) is 6.92 Å². The van der Waals surface area contributed by atoms with Crippen molar-refractivity contribution in [2.45, 2.75) is 20.4 Å². The standard InChI is InChI=1S/C20H20N2O2S/c1-3-24-20-16(5-4-11-21-20)13-22-19(23)18-17(10-12-25-18)15-8-6-14(2)7-9-15/h4-12H,3,13H2,1-2H3,(H,22,23). The van der Waals surface area contributed by atoms with Crippen LogP contribution in [0.2, 0.25) is 0 Å². The van der Waals surface area contributed by atoms with Crippen molar-refractivity contribution in [3.63, 3.8) is 0 Å². The minimum absolute atomic E-state index is 0.0862. The van der Waals surface area contributed by atoms with E-state index in [9.17, 15) is 4.79 Å². The van der Waals surface area contributed by atoms with E-state index in [0.717, 1.165) is 16.7 Å². The number of ether oxygens (including phenoxy) is 1. The van der Waals surface area contributed by atoms with Crippen molar-refractivity contribution >= 4 is 17.2 Å². The molecule has 1 N–H and O–H groups in total. The summed E-state index contributed by atoms with van der Waals surface area (Å²) < 4.78 is 5.50. The van der Waals surface area contributed by atoms with E-state index in [1.165, 1.54) is 16.9 Å². The van der Waals surface area contributed by atoms with Crippen LogP contribution in [0.15, 0.2) is 54.0 Å². The lowest BCUT2D eigenvalue weighted by atomic mass is 10.0. The zero-order valence-electron chi connectivity index (χ0n) is 14.3. The molecule has 0 saturated heterocycles. The fraction of sp³-hybridized carbons (Fsp3) is 0.200. The number of nitrogens with one attached hydrogen (secondary N) is 1. The van der Waals surface area contributed by atoms with Crippen LogP contribution in [-0.4, -0.2) is 17.5 Å². The summed E-state index contributed by atoms with van der Waals surface area (Å²) in [7, 11) is 0. The maximum absolute atomic E-state index is 12.6. The molecule has 3 rings (SSSR count). The number of pyridine rings is 1. The second kappa shape index (κ2) is 7.94. The first-order valence-electron chi connectivity index (χ1n) is 8.18. The van der Waals surface area contributed by atoms with E-state index in [1.54, 1.807) is 6.20 Å². The maximum Gasteiger partial charge on any atom is 0.262 e. The van der Waals surface area contributed by atoms with Crippen LogP contribution < -0.4 is 10.1 Å². The SMILES string of the molecule is CCOc1ncccc1CNC(=O)c1sccc1-c1ccc(C)cc1. The molecule has 0 saturated carbocycles. The average Bonchev–Trinajstić information content (AvgIpc) is 3.11. The summed E-state index contributed by atoms with van der Waals surface area (Å²) in [6.45, 7) is 4.89. The highest BCUT2D eigenvalue weighted by Gasteiger charge is 2.15. The van der Waals surface area contributed by atoms with Crippen molar-refractivity contribution in [1.29, 1.82) is 0 Å². The molecule has 0 fully saturated rings. The van der Waals surface area contributed by atoms with Gasteiger partial charge in [-0.1, -0.05) is 35.9 Å². The van der Waals surface area contributed by atoms with Crippen LogP contribution in [0.4, 0.5) is 0 Å². The molecule has 0 unspecified atom stereocenters. The lowest BCUT2D eigenvalue weighted by molar-refractivity contribution is 0.0955. The minimum Gasteiger partial charge on any atom is -0.478 e. The van der Waals surface area contributed by atoms with Gasteiger partial charge in [0, 0.05) is 23.9 Å². The molecule has 1 aromatic carbocycles. The van der Waals surface area contributed by atoms with Crippen LogP contribution in [0.5, 0.6) is 5.88 Å². The van der Waals surface area contributed by atoms with E-state index < -0.39 is 0 Å². The van der Waals surface area contributed by atoms with Gasteiger partial charge < -0.3 is 10.1 Å². The van der Waals surface area contributed by atoms with Crippen molar-refractivity contribution in [3.05, 3.63) is 70.0 Å². The van der Waals surface area contributed by atoms with Gasteiger partial charge in [0.2, 0.25) is 5.88 Å². The van der Waals surface area contributed by atoms with Crippen LogP contribution in [0.1, 0.15) is 27.7 Å². The van der Waals surface area contributed by atoms with E-state index >= 15 is 0 Å². The van der Waals surface area contributed by atoms with Crippen molar-refractivity contribution < 1.29 is 9.53 Å². The number of hydrogen-bond acceptors (Lipinski definition) is 4. The maximum atomic E-state index is 12.6. The Balaban J connectivity index is 1.75. The van der Waals surface area contributed by atoms with Crippen molar-refractivity contribution in [1.82, 2.24) is 10.3 Å². The predicted molar refractivity (Wildman–Crippen MR) is 101 cm³/mol. The first-order chi connectivity index (χ1) is 12.2. The molecule has 4 nitrogen and oxygen atoms in total. The Kier molecular flexibility index (Phi) is 5.46. The first-order valence-corrected chi connectivity index (χ1v) is 9.06. The Bertz CT molecular complexity index is 856. The molecule has 0 aliphatic heterocycles. The Morgan fingerprint density at radius 2 is 2.00 bits per heavy atom. The molecule has 0 bridgehead atoms. The molecule has 0 spiro atoms. The average molecular weight is 352 g/mol. The Morgan fingerprint density at radius 1 is 1.20 bits per heavy atom. The van der Waals surface area contributed by atoms with Gasteiger partial charge in [0.25, 0.3) is 5.91 Å². The highest BCUT2D eigenvalue weighted by Crippen LogP contribution is 2.28. The van der Waals surface area contributed by atoms with Crippen molar-refractivity contribution in [2.24, 2.45) is 0 Å². The topological polar surface area (TPSA) is 51.2 Å². The van der Waals surface area contributed by atoms with E-state index in [0.29, 0.717) is 23.9 Å². The second-order valence-electron chi connectivity index (χ2n) is 5.61. The molecular formula is C20H20N2O2S. The number of amides is 1. The molecule has 25 heavy (non-hydrogen) atoms. The van der Waals surface area contributed by atoms with Crippen molar-refractivity contribution in [3.8, 4) is 17.0 Å². The van der Waals surface area contributed by atoms with Gasteiger partial charge in [-0.25, -0.2) is 4.98 Å². The number of hydrogen-bond donors (Lipinski definition) is 1. The quantitative estimate of drug-likeness (QED) is 0.713. The summed E-state index contributed by atoms with van der Waals surface area (Å²) in [5.41, 5.74) is 4.07. The highest BCUT2D eigenvalue weighted by atomic mass is 32.1. The Morgan fingerprint density at radius 3 is 2.76 bits per heavy atom. The third-order valence-corrected chi connectivity index (χ3v) is 4.72. The molecular weight excluding hydrogens is 332 g/mol. The van der Waals surface area contributed by atoms with Crippen molar-refractivity contribution in [2.75, 3.05) is 6.61 Å². The number of carbonyl (C=O) groups is 1. The summed E-state index contributed by atoms with van der Waals surface area (Å²) in [6.07, 6.45) is 1.69. The highest BCUT2D eigenvalue weighted by molar-refractivity contribution is 7.12. The number of aromatic nitrogens is 1. The fourth-order valence-electron chi connectivity index (χ4n) is 2.53. The third kappa shape index (κ3) is 4.06. The summed E-state index contributed by atoms with van der Waals surface area (Å²) in [6, 6.07) is 13.9. The van der Waals surface area contributed by atoms with Gasteiger partial charge in [-0.3, -0.25) is 4.79 Å². The fourth-order valence-corrected chi connectivity index (χ4v) is 3.36. The van der Waals surface area contributed by atoms with Gasteiger partial charge in [-0.2, -0.15) is 0 Å². The number of nitrogens with zero attached hydrogens (tertiary/aromatic N) is 1. The van der Waals surface area contributed by atoms with Gasteiger partial charge in [0.15, 0.2) is 0 Å². The molecule has 1 amide bonds. The van der Waals surface area contributed by atoms with E-state index in [2.05, 4.69) is 29.4 Å².